The van der Waals surface area contributed by atoms with Gasteiger partial charge in [0.25, 0.3) is 0 Å². The first-order valence-corrected chi connectivity index (χ1v) is 6.55. The molecule has 0 saturated carbocycles. The summed E-state index contributed by atoms with van der Waals surface area (Å²) in [6, 6.07) is 4.74. The van der Waals surface area contributed by atoms with Crippen LogP contribution in [0.5, 0.6) is 0 Å². The third kappa shape index (κ3) is 2.73. The van der Waals surface area contributed by atoms with Crippen molar-refractivity contribution in [2.24, 2.45) is 0 Å². The number of sulfone groups is 1. The van der Waals surface area contributed by atoms with Gasteiger partial charge in [0.2, 0.25) is 0 Å². The predicted molar refractivity (Wildman–Crippen MR) is 56.7 cm³/mol. The van der Waals surface area contributed by atoms with Crippen molar-refractivity contribution in [1.82, 2.24) is 5.32 Å². The number of rotatable bonds is 3. The number of halogens is 1. The molecule has 1 fully saturated rings. The molecular formula is C10H10FNO4S. The SMILES string of the molecule is O=C1NCC(CS(=O)(=O)c2cccc(F)c2)O1. The van der Waals surface area contributed by atoms with Crippen molar-refractivity contribution in [3.05, 3.63) is 30.1 Å². The van der Waals surface area contributed by atoms with Gasteiger partial charge in [0.1, 0.15) is 11.9 Å². The molecule has 1 aromatic rings. The Hall–Kier alpha value is -1.63. The zero-order valence-electron chi connectivity index (χ0n) is 8.72. The van der Waals surface area contributed by atoms with Crippen LogP contribution in [0.3, 0.4) is 0 Å². The monoisotopic (exact) mass is 259 g/mol. The van der Waals surface area contributed by atoms with Crippen LogP contribution in [0, 0.1) is 5.82 Å². The second kappa shape index (κ2) is 4.33. The highest BCUT2D eigenvalue weighted by Gasteiger charge is 2.29. The number of carbonyl (C=O) groups excluding carboxylic acids is 1. The number of amides is 1. The number of nitrogens with one attached hydrogen (secondary N) is 1. The van der Waals surface area contributed by atoms with Crippen LogP contribution in [-0.2, 0) is 14.6 Å². The van der Waals surface area contributed by atoms with E-state index < -0.39 is 27.9 Å². The Morgan fingerprint density at radius 1 is 1.47 bits per heavy atom. The minimum absolute atomic E-state index is 0.111. The van der Waals surface area contributed by atoms with Crippen molar-refractivity contribution in [1.29, 1.82) is 0 Å². The van der Waals surface area contributed by atoms with Crippen molar-refractivity contribution >= 4 is 15.9 Å². The lowest BCUT2D eigenvalue weighted by molar-refractivity contribution is 0.149. The van der Waals surface area contributed by atoms with Gasteiger partial charge in [-0.2, -0.15) is 0 Å². The maximum absolute atomic E-state index is 12.9. The molecule has 1 aliphatic heterocycles. The van der Waals surface area contributed by atoms with Crippen molar-refractivity contribution in [3.8, 4) is 0 Å². The van der Waals surface area contributed by atoms with Gasteiger partial charge in [0, 0.05) is 0 Å². The van der Waals surface area contributed by atoms with E-state index in [1.807, 2.05) is 0 Å². The number of hydrogen-bond acceptors (Lipinski definition) is 4. The quantitative estimate of drug-likeness (QED) is 0.867. The van der Waals surface area contributed by atoms with Crippen molar-refractivity contribution < 1.29 is 22.3 Å². The normalized spacial score (nSPS) is 19.8. The Balaban J connectivity index is 2.17. The van der Waals surface area contributed by atoms with Gasteiger partial charge in [-0.15, -0.1) is 0 Å². The Morgan fingerprint density at radius 2 is 2.24 bits per heavy atom. The fourth-order valence-electron chi connectivity index (χ4n) is 1.53. The number of benzene rings is 1. The molecule has 0 radical (unpaired) electrons. The second-order valence-electron chi connectivity index (χ2n) is 3.65. The number of ether oxygens (including phenoxy) is 1. The molecule has 1 aliphatic rings. The number of hydrogen-bond donors (Lipinski definition) is 1. The predicted octanol–water partition coefficient (Wildman–Crippen LogP) is 0.708. The molecule has 1 aromatic carbocycles. The first-order chi connectivity index (χ1) is 7.97. The van der Waals surface area contributed by atoms with E-state index in [1.165, 1.54) is 12.1 Å². The van der Waals surface area contributed by atoms with Crippen LogP contribution in [0.1, 0.15) is 0 Å². The van der Waals surface area contributed by atoms with E-state index in [4.69, 9.17) is 4.74 Å². The summed E-state index contributed by atoms with van der Waals surface area (Å²) in [5, 5.41) is 2.36. The fraction of sp³-hybridized carbons (Fsp3) is 0.300. The molecule has 1 N–H and O–H groups in total. The van der Waals surface area contributed by atoms with Gasteiger partial charge < -0.3 is 10.1 Å². The summed E-state index contributed by atoms with van der Waals surface area (Å²) in [4.78, 5) is 10.6. The van der Waals surface area contributed by atoms with E-state index in [1.54, 1.807) is 0 Å². The van der Waals surface area contributed by atoms with E-state index in [2.05, 4.69) is 5.32 Å². The molecule has 1 unspecified atom stereocenters. The highest BCUT2D eigenvalue weighted by atomic mass is 32.2. The van der Waals surface area contributed by atoms with Gasteiger partial charge in [-0.25, -0.2) is 17.6 Å². The summed E-state index contributed by atoms with van der Waals surface area (Å²) in [7, 11) is -3.65. The zero-order chi connectivity index (χ0) is 12.5. The molecule has 92 valence electrons. The summed E-state index contributed by atoms with van der Waals surface area (Å²) in [6.07, 6.45) is -1.36. The molecule has 0 aromatic heterocycles. The Kier molecular flexibility index (Phi) is 3.01. The minimum atomic E-state index is -3.65. The van der Waals surface area contributed by atoms with Crippen LogP contribution in [0.15, 0.2) is 29.2 Å². The molecular weight excluding hydrogens is 249 g/mol. The summed E-state index contributed by atoms with van der Waals surface area (Å²) in [6.45, 7) is 0.146. The van der Waals surface area contributed by atoms with Crippen molar-refractivity contribution in [2.45, 2.75) is 11.0 Å². The molecule has 0 bridgehead atoms. The summed E-state index contributed by atoms with van der Waals surface area (Å²) in [5.41, 5.74) is 0. The van der Waals surface area contributed by atoms with Crippen LogP contribution in [0.25, 0.3) is 0 Å². The maximum Gasteiger partial charge on any atom is 0.407 e. The molecule has 1 amide bonds. The Labute approximate surface area is 97.5 Å². The van der Waals surface area contributed by atoms with E-state index >= 15 is 0 Å². The van der Waals surface area contributed by atoms with Crippen LogP contribution in [-0.4, -0.2) is 32.9 Å². The molecule has 0 aliphatic carbocycles. The van der Waals surface area contributed by atoms with Crippen LogP contribution in [0.4, 0.5) is 9.18 Å². The lowest BCUT2D eigenvalue weighted by Crippen LogP contribution is -2.24. The first kappa shape index (κ1) is 11.8. The maximum atomic E-state index is 12.9. The molecule has 5 nitrogen and oxygen atoms in total. The lowest BCUT2D eigenvalue weighted by Gasteiger charge is -2.08. The van der Waals surface area contributed by atoms with Gasteiger partial charge in [-0.1, -0.05) is 6.07 Å². The average Bonchev–Trinajstić information content (AvgIpc) is 2.63. The topological polar surface area (TPSA) is 72.5 Å². The van der Waals surface area contributed by atoms with Crippen molar-refractivity contribution in [2.75, 3.05) is 12.3 Å². The van der Waals surface area contributed by atoms with E-state index in [-0.39, 0.29) is 17.2 Å². The highest BCUT2D eigenvalue weighted by Crippen LogP contribution is 2.15. The zero-order valence-corrected chi connectivity index (χ0v) is 9.54. The summed E-state index contributed by atoms with van der Waals surface area (Å²) in [5.74, 6) is -0.970. The van der Waals surface area contributed by atoms with Gasteiger partial charge in [-0.3, -0.25) is 0 Å². The second-order valence-corrected chi connectivity index (χ2v) is 5.68. The molecule has 1 saturated heterocycles. The number of alkyl carbamates (subject to hydrolysis) is 1. The van der Waals surface area contributed by atoms with Gasteiger partial charge in [0.05, 0.1) is 17.2 Å². The molecule has 0 spiro atoms. The average molecular weight is 259 g/mol. The van der Waals surface area contributed by atoms with E-state index in [0.717, 1.165) is 12.1 Å². The van der Waals surface area contributed by atoms with E-state index in [0.29, 0.717) is 0 Å². The minimum Gasteiger partial charge on any atom is -0.443 e. The molecule has 2 rings (SSSR count). The van der Waals surface area contributed by atoms with Crippen LogP contribution >= 0.6 is 0 Å². The smallest absolute Gasteiger partial charge is 0.407 e. The van der Waals surface area contributed by atoms with Gasteiger partial charge in [-0.05, 0) is 18.2 Å². The van der Waals surface area contributed by atoms with Crippen LogP contribution in [0.2, 0.25) is 0 Å². The Morgan fingerprint density at radius 3 is 2.82 bits per heavy atom. The summed E-state index contributed by atoms with van der Waals surface area (Å²) < 4.78 is 41.4. The van der Waals surface area contributed by atoms with Crippen molar-refractivity contribution in [3.63, 3.8) is 0 Å². The standard InChI is InChI=1S/C10H10FNO4S/c11-7-2-1-3-9(4-7)17(14,15)6-8-5-12-10(13)16-8/h1-4,8H,5-6H2,(H,12,13). The number of carbonyl (C=O) groups is 1. The lowest BCUT2D eigenvalue weighted by atomic mass is 10.3. The summed E-state index contributed by atoms with van der Waals surface area (Å²) >= 11 is 0. The molecule has 1 heterocycles. The number of cyclic esters (lactones) is 1. The fourth-order valence-corrected chi connectivity index (χ4v) is 2.97. The first-order valence-electron chi connectivity index (χ1n) is 4.90. The Bertz CT molecular complexity index is 543. The molecule has 7 heteroatoms. The molecule has 17 heavy (non-hydrogen) atoms. The van der Waals surface area contributed by atoms with Gasteiger partial charge >= 0.3 is 6.09 Å². The van der Waals surface area contributed by atoms with Gasteiger partial charge in [0.15, 0.2) is 9.84 Å². The third-order valence-electron chi connectivity index (χ3n) is 2.31. The largest absolute Gasteiger partial charge is 0.443 e. The molecule has 1 atom stereocenters. The van der Waals surface area contributed by atoms with E-state index in [9.17, 15) is 17.6 Å². The van der Waals surface area contributed by atoms with Crippen LogP contribution < -0.4 is 5.32 Å². The third-order valence-corrected chi connectivity index (χ3v) is 4.09. The highest BCUT2D eigenvalue weighted by molar-refractivity contribution is 7.91.